The molecule has 2 aromatic carbocycles. The summed E-state index contributed by atoms with van der Waals surface area (Å²) in [5.41, 5.74) is 4.56. The maximum Gasteiger partial charge on any atom is 0.270 e. The second-order valence-corrected chi connectivity index (χ2v) is 10.9. The Bertz CT molecular complexity index is 1640. The molecule has 3 heterocycles. The second kappa shape index (κ2) is 12.8. The molecule has 4 aromatic rings. The fourth-order valence-electron chi connectivity index (χ4n) is 5.59. The molecule has 1 fully saturated rings. The smallest absolute Gasteiger partial charge is 0.270 e. The number of likely N-dealkylation sites (tertiary alicyclic amines) is 1. The van der Waals surface area contributed by atoms with Crippen LogP contribution in [0.4, 0.5) is 0 Å². The average Bonchev–Trinajstić information content (AvgIpc) is 3.01. The van der Waals surface area contributed by atoms with Crippen LogP contribution in [0.15, 0.2) is 77.7 Å². The Morgan fingerprint density at radius 2 is 1.76 bits per heavy atom. The zero-order valence-electron chi connectivity index (χ0n) is 23.9. The molecular formula is C33H35N5O4. The highest BCUT2D eigenvalue weighted by molar-refractivity contribution is 5.96. The number of hydrogen-bond acceptors (Lipinski definition) is 5. The number of pyridine rings is 2. The molecule has 2 aromatic heterocycles. The lowest BCUT2D eigenvalue weighted by atomic mass is 9.89. The molecule has 9 heteroatoms. The number of carbonyl (C=O) groups excluding carboxylic acids is 3. The molecule has 5 rings (SSSR count). The third kappa shape index (κ3) is 6.74. The third-order valence-corrected chi connectivity index (χ3v) is 7.98. The summed E-state index contributed by atoms with van der Waals surface area (Å²) in [5, 5.41) is 6.46. The molecule has 42 heavy (non-hydrogen) atoms. The molecule has 9 nitrogen and oxygen atoms in total. The van der Waals surface area contributed by atoms with Crippen LogP contribution in [0.25, 0.3) is 22.0 Å². The quantitative estimate of drug-likeness (QED) is 0.301. The topological polar surface area (TPSA) is 124 Å². The molecule has 3 amide bonds. The van der Waals surface area contributed by atoms with E-state index in [0.29, 0.717) is 19.5 Å². The summed E-state index contributed by atoms with van der Waals surface area (Å²) in [5.74, 6) is -0.414. The van der Waals surface area contributed by atoms with Crippen molar-refractivity contribution in [3.8, 4) is 11.1 Å². The van der Waals surface area contributed by atoms with Crippen molar-refractivity contribution >= 4 is 28.6 Å². The van der Waals surface area contributed by atoms with Gasteiger partial charge >= 0.3 is 0 Å². The van der Waals surface area contributed by atoms with E-state index < -0.39 is 11.9 Å². The van der Waals surface area contributed by atoms with E-state index >= 15 is 0 Å². The molecule has 0 aliphatic carbocycles. The Labute approximate surface area is 244 Å². The molecule has 0 radical (unpaired) electrons. The number of benzene rings is 2. The zero-order chi connectivity index (χ0) is 29.6. The summed E-state index contributed by atoms with van der Waals surface area (Å²) >= 11 is 0. The highest BCUT2D eigenvalue weighted by Crippen LogP contribution is 2.24. The van der Waals surface area contributed by atoms with Gasteiger partial charge in [0.2, 0.25) is 17.4 Å². The first-order chi connectivity index (χ1) is 20.3. The largest absolute Gasteiger partial charge is 0.357 e. The van der Waals surface area contributed by atoms with Gasteiger partial charge in [-0.05, 0) is 67.0 Å². The van der Waals surface area contributed by atoms with E-state index in [9.17, 15) is 19.2 Å². The molecule has 1 aliphatic heterocycles. The van der Waals surface area contributed by atoms with E-state index in [0.717, 1.165) is 46.0 Å². The van der Waals surface area contributed by atoms with Gasteiger partial charge in [-0.3, -0.25) is 24.2 Å². The van der Waals surface area contributed by atoms with Gasteiger partial charge in [0.05, 0.1) is 6.42 Å². The minimum Gasteiger partial charge on any atom is -0.357 e. The molecule has 0 bridgehead atoms. The SMILES string of the molecule is CNC(=O)C(CC1CCN(C(=O)Cc2ccc3[nH]c(=O)cc(C)c3c2)CC1)NC(=O)c1ccc(-c2ccccc2)cn1. The summed E-state index contributed by atoms with van der Waals surface area (Å²) < 4.78 is 0. The Morgan fingerprint density at radius 3 is 2.45 bits per heavy atom. The van der Waals surface area contributed by atoms with Crippen LogP contribution in [0.3, 0.4) is 0 Å². The van der Waals surface area contributed by atoms with Gasteiger partial charge in [-0.2, -0.15) is 0 Å². The minimum absolute atomic E-state index is 0.0519. The Morgan fingerprint density at radius 1 is 1.00 bits per heavy atom. The fourth-order valence-corrected chi connectivity index (χ4v) is 5.59. The molecule has 1 saturated heterocycles. The van der Waals surface area contributed by atoms with E-state index in [1.165, 1.54) is 0 Å². The van der Waals surface area contributed by atoms with Crippen molar-refractivity contribution in [1.29, 1.82) is 0 Å². The molecule has 216 valence electrons. The predicted octanol–water partition coefficient (Wildman–Crippen LogP) is 3.61. The zero-order valence-corrected chi connectivity index (χ0v) is 23.9. The number of nitrogens with one attached hydrogen (secondary N) is 3. The number of aromatic nitrogens is 2. The maximum atomic E-state index is 13.1. The van der Waals surface area contributed by atoms with Gasteiger partial charge in [-0.1, -0.05) is 42.5 Å². The van der Waals surface area contributed by atoms with Crippen LogP contribution in [0, 0.1) is 12.8 Å². The second-order valence-electron chi connectivity index (χ2n) is 10.9. The van der Waals surface area contributed by atoms with Crippen molar-refractivity contribution < 1.29 is 14.4 Å². The summed E-state index contributed by atoms with van der Waals surface area (Å²) in [6.07, 6.45) is 3.92. The molecule has 0 saturated carbocycles. The van der Waals surface area contributed by atoms with Gasteiger partial charge in [0.25, 0.3) is 5.91 Å². The monoisotopic (exact) mass is 565 g/mol. The van der Waals surface area contributed by atoms with Crippen molar-refractivity contribution in [1.82, 2.24) is 25.5 Å². The van der Waals surface area contributed by atoms with Crippen LogP contribution in [0.1, 0.15) is 40.9 Å². The molecule has 1 unspecified atom stereocenters. The first-order valence-corrected chi connectivity index (χ1v) is 14.2. The Kier molecular flexibility index (Phi) is 8.76. The first kappa shape index (κ1) is 28.7. The van der Waals surface area contributed by atoms with Crippen molar-refractivity contribution in [2.75, 3.05) is 20.1 Å². The predicted molar refractivity (Wildman–Crippen MR) is 162 cm³/mol. The van der Waals surface area contributed by atoms with E-state index in [-0.39, 0.29) is 35.4 Å². The number of nitrogens with zero attached hydrogens (tertiary/aromatic N) is 2. The van der Waals surface area contributed by atoms with Crippen LogP contribution >= 0.6 is 0 Å². The lowest BCUT2D eigenvalue weighted by molar-refractivity contribution is -0.132. The van der Waals surface area contributed by atoms with E-state index in [1.807, 2.05) is 66.4 Å². The molecule has 0 spiro atoms. The van der Waals surface area contributed by atoms with Crippen LogP contribution in [-0.4, -0.2) is 58.8 Å². The van der Waals surface area contributed by atoms with E-state index in [1.54, 1.807) is 25.4 Å². The van der Waals surface area contributed by atoms with Gasteiger partial charge in [0.15, 0.2) is 0 Å². The van der Waals surface area contributed by atoms with Crippen molar-refractivity contribution in [3.63, 3.8) is 0 Å². The number of carbonyl (C=O) groups is 3. The van der Waals surface area contributed by atoms with Crippen LogP contribution < -0.4 is 16.2 Å². The average molecular weight is 566 g/mol. The number of fused-ring (bicyclic) bond motifs is 1. The number of aryl methyl sites for hydroxylation is 1. The van der Waals surface area contributed by atoms with Crippen molar-refractivity contribution in [3.05, 3.63) is 100 Å². The Balaban J connectivity index is 1.16. The van der Waals surface area contributed by atoms with Crippen molar-refractivity contribution in [2.24, 2.45) is 5.92 Å². The number of rotatable bonds is 8. The number of likely N-dealkylation sites (N-methyl/N-ethyl adjacent to an activating group) is 1. The summed E-state index contributed by atoms with van der Waals surface area (Å²) in [6, 6.07) is 19.9. The number of aromatic amines is 1. The molecular weight excluding hydrogens is 530 g/mol. The van der Waals surface area contributed by atoms with Gasteiger partial charge in [-0.15, -0.1) is 0 Å². The highest BCUT2D eigenvalue weighted by Gasteiger charge is 2.29. The maximum absolute atomic E-state index is 13.1. The standard InChI is InChI=1S/C33H35N5O4/c1-21-16-30(39)36-27-10-8-23(17-26(21)27)19-31(40)38-14-12-22(13-15-38)18-29(32(41)34-2)37-33(42)28-11-9-25(20-35-28)24-6-4-3-5-7-24/h3-11,16-17,20,22,29H,12-15,18-19H2,1-2H3,(H,34,41)(H,36,39)(H,37,42). The Hall–Kier alpha value is -4.79. The van der Waals surface area contributed by atoms with Crippen molar-refractivity contribution in [2.45, 2.75) is 38.6 Å². The number of amides is 3. The number of H-pyrrole nitrogens is 1. The van der Waals surface area contributed by atoms with E-state index in [4.69, 9.17) is 0 Å². The number of hydrogen-bond donors (Lipinski definition) is 3. The summed E-state index contributed by atoms with van der Waals surface area (Å²) in [6.45, 7) is 3.08. The van der Waals surface area contributed by atoms with Gasteiger partial charge in [0, 0.05) is 48.9 Å². The molecule has 3 N–H and O–H groups in total. The van der Waals surface area contributed by atoms with Gasteiger partial charge in [-0.25, -0.2) is 0 Å². The lowest BCUT2D eigenvalue weighted by Gasteiger charge is -2.33. The van der Waals surface area contributed by atoms with Gasteiger partial charge in [0.1, 0.15) is 11.7 Å². The fraction of sp³-hybridized carbons (Fsp3) is 0.303. The minimum atomic E-state index is -0.697. The first-order valence-electron chi connectivity index (χ1n) is 14.2. The normalized spacial score (nSPS) is 14.4. The number of piperidine rings is 1. The van der Waals surface area contributed by atoms with Gasteiger partial charge < -0.3 is 20.5 Å². The van der Waals surface area contributed by atoms with Crippen LogP contribution in [0.5, 0.6) is 0 Å². The summed E-state index contributed by atoms with van der Waals surface area (Å²) in [7, 11) is 1.56. The van der Waals surface area contributed by atoms with Crippen LogP contribution in [0.2, 0.25) is 0 Å². The van der Waals surface area contributed by atoms with Crippen LogP contribution in [-0.2, 0) is 16.0 Å². The van der Waals surface area contributed by atoms with E-state index in [2.05, 4.69) is 20.6 Å². The summed E-state index contributed by atoms with van der Waals surface area (Å²) in [4.78, 5) is 59.5. The molecule has 1 aliphatic rings. The third-order valence-electron chi connectivity index (χ3n) is 7.98. The lowest BCUT2D eigenvalue weighted by Crippen LogP contribution is -2.48. The highest BCUT2D eigenvalue weighted by atomic mass is 16.2. The molecule has 1 atom stereocenters.